The maximum Gasteiger partial charge on any atom is 0.128 e. The third kappa shape index (κ3) is 3.58. The number of halogens is 1. The fourth-order valence-electron chi connectivity index (χ4n) is 1.80. The van der Waals surface area contributed by atoms with Crippen molar-refractivity contribution in [2.75, 3.05) is 31.7 Å². The van der Waals surface area contributed by atoms with Crippen LogP contribution in [0.5, 0.6) is 0 Å². The van der Waals surface area contributed by atoms with Crippen molar-refractivity contribution >= 4 is 28.3 Å². The van der Waals surface area contributed by atoms with Crippen molar-refractivity contribution in [1.82, 2.24) is 4.98 Å². The minimum absolute atomic E-state index is 0.00750. The second-order valence-electron chi connectivity index (χ2n) is 4.09. The number of fused-ring (bicyclic) bond motifs is 1. The molecule has 0 atom stereocenters. The van der Waals surface area contributed by atoms with E-state index >= 15 is 0 Å². The summed E-state index contributed by atoms with van der Waals surface area (Å²) in [4.78, 5) is 4.42. The Bertz CT molecular complexity index is 640. The second kappa shape index (κ2) is 7.06. The standard InChI is InChI=1S/C14H14ClN3O2/c15-11-1-2-13-12(8-11)10(9-16)7-14(18-13)17-3-5-20-6-4-19/h1-2,7-8,19H,3-6H2,(H,17,18). The molecule has 20 heavy (non-hydrogen) atoms. The summed E-state index contributed by atoms with van der Waals surface area (Å²) in [7, 11) is 0. The van der Waals surface area contributed by atoms with E-state index in [1.54, 1.807) is 24.3 Å². The first-order valence-corrected chi connectivity index (χ1v) is 6.55. The highest BCUT2D eigenvalue weighted by Crippen LogP contribution is 2.23. The summed E-state index contributed by atoms with van der Waals surface area (Å²) >= 11 is 5.93. The van der Waals surface area contributed by atoms with Gasteiger partial charge < -0.3 is 15.2 Å². The number of aromatic nitrogens is 1. The van der Waals surface area contributed by atoms with Crippen LogP contribution in [0.3, 0.4) is 0 Å². The van der Waals surface area contributed by atoms with Crippen LogP contribution in [-0.4, -0.2) is 36.5 Å². The molecule has 0 spiro atoms. The first kappa shape index (κ1) is 14.5. The van der Waals surface area contributed by atoms with Crippen LogP contribution < -0.4 is 5.32 Å². The average molecular weight is 292 g/mol. The van der Waals surface area contributed by atoms with Gasteiger partial charge in [0.15, 0.2) is 0 Å². The van der Waals surface area contributed by atoms with E-state index in [1.165, 1.54) is 0 Å². The lowest BCUT2D eigenvalue weighted by Gasteiger charge is -2.08. The van der Waals surface area contributed by atoms with E-state index in [-0.39, 0.29) is 6.61 Å². The van der Waals surface area contributed by atoms with Crippen LogP contribution in [0.4, 0.5) is 5.82 Å². The molecule has 2 aromatic rings. The van der Waals surface area contributed by atoms with Gasteiger partial charge in [-0.25, -0.2) is 4.98 Å². The Balaban J connectivity index is 2.15. The molecule has 0 aliphatic heterocycles. The molecule has 0 amide bonds. The molecule has 0 aliphatic rings. The molecule has 104 valence electrons. The Morgan fingerprint density at radius 2 is 2.20 bits per heavy atom. The highest BCUT2D eigenvalue weighted by Gasteiger charge is 2.06. The summed E-state index contributed by atoms with van der Waals surface area (Å²) in [5.41, 5.74) is 1.24. The quantitative estimate of drug-likeness (QED) is 0.798. The van der Waals surface area contributed by atoms with Gasteiger partial charge in [0.05, 0.1) is 37.0 Å². The van der Waals surface area contributed by atoms with Crippen LogP contribution >= 0.6 is 11.6 Å². The van der Waals surface area contributed by atoms with Crippen LogP contribution in [0, 0.1) is 11.3 Å². The Morgan fingerprint density at radius 1 is 1.35 bits per heavy atom. The number of aliphatic hydroxyl groups excluding tert-OH is 1. The summed E-state index contributed by atoms with van der Waals surface area (Å²) in [5, 5.41) is 22.2. The van der Waals surface area contributed by atoms with Gasteiger partial charge in [-0.05, 0) is 24.3 Å². The SMILES string of the molecule is N#Cc1cc(NCCOCCO)nc2ccc(Cl)cc12. The van der Waals surface area contributed by atoms with Crippen LogP contribution in [0.25, 0.3) is 10.9 Å². The van der Waals surface area contributed by atoms with Crippen molar-refractivity contribution in [2.45, 2.75) is 0 Å². The number of pyridine rings is 1. The Labute approximate surface area is 121 Å². The van der Waals surface area contributed by atoms with Gasteiger partial charge in [-0.3, -0.25) is 0 Å². The molecule has 5 nitrogen and oxygen atoms in total. The molecule has 2 N–H and O–H groups in total. The normalized spacial score (nSPS) is 10.4. The number of ether oxygens (including phenoxy) is 1. The fraction of sp³-hybridized carbons (Fsp3) is 0.286. The number of benzene rings is 1. The number of nitrogens with one attached hydrogen (secondary N) is 1. The number of rotatable bonds is 6. The minimum atomic E-state index is 0.00750. The summed E-state index contributed by atoms with van der Waals surface area (Å²) in [6.45, 7) is 1.34. The molecule has 0 saturated carbocycles. The van der Waals surface area contributed by atoms with Crippen LogP contribution in [-0.2, 0) is 4.74 Å². The smallest absolute Gasteiger partial charge is 0.128 e. The zero-order valence-corrected chi connectivity index (χ0v) is 11.5. The third-order valence-electron chi connectivity index (χ3n) is 2.68. The molecule has 0 fully saturated rings. The van der Waals surface area contributed by atoms with E-state index in [9.17, 15) is 5.26 Å². The lowest BCUT2D eigenvalue weighted by Crippen LogP contribution is -2.12. The van der Waals surface area contributed by atoms with Crippen molar-refractivity contribution in [3.63, 3.8) is 0 Å². The Hall–Kier alpha value is -1.87. The largest absolute Gasteiger partial charge is 0.394 e. The van der Waals surface area contributed by atoms with Crippen LogP contribution in [0.2, 0.25) is 5.02 Å². The molecule has 6 heteroatoms. The number of nitriles is 1. The lowest BCUT2D eigenvalue weighted by atomic mass is 10.1. The predicted molar refractivity (Wildman–Crippen MR) is 77.9 cm³/mol. The molecule has 1 aromatic heterocycles. The van der Waals surface area contributed by atoms with Crippen molar-refractivity contribution in [2.24, 2.45) is 0 Å². The maximum absolute atomic E-state index is 9.19. The van der Waals surface area contributed by atoms with Gasteiger partial charge in [0, 0.05) is 17.0 Å². The molecule has 0 unspecified atom stereocenters. The first-order valence-electron chi connectivity index (χ1n) is 6.17. The van der Waals surface area contributed by atoms with Crippen LogP contribution in [0.15, 0.2) is 24.3 Å². The highest BCUT2D eigenvalue weighted by atomic mass is 35.5. The van der Waals surface area contributed by atoms with E-state index in [0.717, 1.165) is 5.39 Å². The van der Waals surface area contributed by atoms with Crippen molar-refractivity contribution in [3.8, 4) is 6.07 Å². The Morgan fingerprint density at radius 3 is 2.95 bits per heavy atom. The monoisotopic (exact) mass is 291 g/mol. The van der Waals surface area contributed by atoms with Gasteiger partial charge in [-0.2, -0.15) is 5.26 Å². The summed E-state index contributed by atoms with van der Waals surface area (Å²) in [6.07, 6.45) is 0. The second-order valence-corrected chi connectivity index (χ2v) is 4.53. The van der Waals surface area contributed by atoms with Crippen molar-refractivity contribution in [3.05, 3.63) is 34.9 Å². The lowest BCUT2D eigenvalue weighted by molar-refractivity contribution is 0.0992. The first-order chi connectivity index (χ1) is 9.74. The minimum Gasteiger partial charge on any atom is -0.394 e. The predicted octanol–water partition coefficient (Wildman–Crippen LogP) is 2.18. The van der Waals surface area contributed by atoms with Crippen molar-refractivity contribution < 1.29 is 9.84 Å². The molecule has 0 bridgehead atoms. The number of hydrogen-bond acceptors (Lipinski definition) is 5. The molecule has 2 rings (SSSR count). The molecule has 1 aromatic carbocycles. The molecule has 0 radical (unpaired) electrons. The van der Waals surface area contributed by atoms with E-state index in [1.807, 2.05) is 0 Å². The number of nitrogens with zero attached hydrogens (tertiary/aromatic N) is 2. The molecule has 1 heterocycles. The maximum atomic E-state index is 9.19. The van der Waals surface area contributed by atoms with E-state index < -0.39 is 0 Å². The summed E-state index contributed by atoms with van der Waals surface area (Å²) < 4.78 is 5.14. The molecule has 0 saturated heterocycles. The topological polar surface area (TPSA) is 78.2 Å². The molecular weight excluding hydrogens is 278 g/mol. The number of anilines is 1. The van der Waals surface area contributed by atoms with Gasteiger partial charge in [-0.15, -0.1) is 0 Å². The number of hydrogen-bond donors (Lipinski definition) is 2. The zero-order valence-electron chi connectivity index (χ0n) is 10.8. The van der Waals surface area contributed by atoms with Gasteiger partial charge >= 0.3 is 0 Å². The third-order valence-corrected chi connectivity index (χ3v) is 2.91. The van der Waals surface area contributed by atoms with Gasteiger partial charge in [-0.1, -0.05) is 11.6 Å². The summed E-state index contributed by atoms with van der Waals surface area (Å²) in [6, 6.07) is 9.09. The van der Waals surface area contributed by atoms with Crippen LogP contribution in [0.1, 0.15) is 5.56 Å². The average Bonchev–Trinajstić information content (AvgIpc) is 2.46. The van der Waals surface area contributed by atoms with E-state index in [0.29, 0.717) is 41.7 Å². The Kier molecular flexibility index (Phi) is 5.13. The number of aliphatic hydroxyl groups is 1. The van der Waals surface area contributed by atoms with Gasteiger partial charge in [0.1, 0.15) is 5.82 Å². The summed E-state index contributed by atoms with van der Waals surface area (Å²) in [5.74, 6) is 0.615. The molecule has 0 aliphatic carbocycles. The van der Waals surface area contributed by atoms with Crippen molar-refractivity contribution in [1.29, 1.82) is 5.26 Å². The van der Waals surface area contributed by atoms with Gasteiger partial charge in [0.2, 0.25) is 0 Å². The highest BCUT2D eigenvalue weighted by molar-refractivity contribution is 6.31. The van der Waals surface area contributed by atoms with Gasteiger partial charge in [0.25, 0.3) is 0 Å². The molecular formula is C14H14ClN3O2. The zero-order chi connectivity index (χ0) is 14.4. The van der Waals surface area contributed by atoms with E-state index in [4.69, 9.17) is 21.4 Å². The van der Waals surface area contributed by atoms with E-state index in [2.05, 4.69) is 16.4 Å². The fourth-order valence-corrected chi connectivity index (χ4v) is 1.97.